The van der Waals surface area contributed by atoms with Gasteiger partial charge in [0.25, 0.3) is 0 Å². The summed E-state index contributed by atoms with van der Waals surface area (Å²) in [6.45, 7) is 7.16. The Morgan fingerprint density at radius 2 is 2.05 bits per heavy atom. The van der Waals surface area contributed by atoms with E-state index < -0.39 is 11.0 Å². The van der Waals surface area contributed by atoms with Gasteiger partial charge >= 0.3 is 5.69 Å². The summed E-state index contributed by atoms with van der Waals surface area (Å²) >= 11 is 0. The van der Waals surface area contributed by atoms with Gasteiger partial charge in [-0.2, -0.15) is 4.98 Å². The Hall–Kier alpha value is -2.38. The number of pyridine rings is 1. The summed E-state index contributed by atoms with van der Waals surface area (Å²) in [4.78, 5) is 26.4. The predicted molar refractivity (Wildman–Crippen MR) is 78.4 cm³/mol. The molecule has 0 aliphatic rings. The Morgan fingerprint density at radius 3 is 2.52 bits per heavy atom. The molecule has 8 heteroatoms. The van der Waals surface area contributed by atoms with E-state index in [1.807, 2.05) is 20.8 Å². The molecule has 2 N–H and O–H groups in total. The maximum Gasteiger partial charge on any atom is 0.311 e. The molecule has 116 valence electrons. The van der Waals surface area contributed by atoms with E-state index in [1.165, 1.54) is 19.2 Å². The van der Waals surface area contributed by atoms with Crippen LogP contribution in [0.25, 0.3) is 0 Å². The van der Waals surface area contributed by atoms with Gasteiger partial charge in [-0.05, 0) is 27.7 Å². The zero-order valence-electron chi connectivity index (χ0n) is 12.8. The second-order valence-corrected chi connectivity index (χ2v) is 5.58. The molecule has 1 heterocycles. The summed E-state index contributed by atoms with van der Waals surface area (Å²) in [5, 5.41) is 16.5. The maximum absolute atomic E-state index is 12.0. The van der Waals surface area contributed by atoms with Crippen molar-refractivity contribution in [3.8, 4) is 5.88 Å². The van der Waals surface area contributed by atoms with Gasteiger partial charge in [-0.3, -0.25) is 14.9 Å². The topological polar surface area (TPSA) is 106 Å². The standard InChI is InChI=1S/C13H20N4O4/c1-8(12(18)16-13(2,3)4)14-11-9(17(19)20)6-7-10(15-11)21-5/h6-8H,1-5H3,(H,14,15)(H,16,18). The first-order chi connectivity index (χ1) is 9.64. The van der Waals surface area contributed by atoms with E-state index in [-0.39, 0.29) is 28.8 Å². The molecule has 1 aromatic heterocycles. The zero-order chi connectivity index (χ0) is 16.2. The van der Waals surface area contributed by atoms with E-state index in [0.717, 1.165) is 0 Å². The average Bonchev–Trinajstić information content (AvgIpc) is 2.36. The number of carbonyl (C=O) groups excluding carboxylic acids is 1. The number of rotatable bonds is 5. The van der Waals surface area contributed by atoms with Gasteiger partial charge in [0.05, 0.1) is 12.0 Å². The van der Waals surface area contributed by atoms with Crippen molar-refractivity contribution in [2.75, 3.05) is 12.4 Å². The van der Waals surface area contributed by atoms with Crippen LogP contribution in [0, 0.1) is 10.1 Å². The van der Waals surface area contributed by atoms with E-state index in [9.17, 15) is 14.9 Å². The van der Waals surface area contributed by atoms with Gasteiger partial charge in [0.1, 0.15) is 6.04 Å². The minimum Gasteiger partial charge on any atom is -0.481 e. The van der Waals surface area contributed by atoms with Gasteiger partial charge in [0, 0.05) is 17.7 Å². The van der Waals surface area contributed by atoms with Crippen molar-refractivity contribution in [1.29, 1.82) is 0 Å². The van der Waals surface area contributed by atoms with Crippen molar-refractivity contribution >= 4 is 17.4 Å². The molecule has 1 amide bonds. The molecule has 0 radical (unpaired) electrons. The molecular formula is C13H20N4O4. The fraction of sp³-hybridized carbons (Fsp3) is 0.538. The summed E-state index contributed by atoms with van der Waals surface area (Å²) in [5.74, 6) is -0.0520. The number of amides is 1. The highest BCUT2D eigenvalue weighted by atomic mass is 16.6. The van der Waals surface area contributed by atoms with Crippen LogP contribution in [0.2, 0.25) is 0 Å². The third kappa shape index (κ3) is 4.90. The number of hydrogen-bond acceptors (Lipinski definition) is 6. The van der Waals surface area contributed by atoms with E-state index in [4.69, 9.17) is 4.74 Å². The SMILES string of the molecule is COc1ccc([N+](=O)[O-])c(NC(C)C(=O)NC(C)(C)C)n1. The highest BCUT2D eigenvalue weighted by Crippen LogP contribution is 2.25. The second-order valence-electron chi connectivity index (χ2n) is 5.58. The van der Waals surface area contributed by atoms with Crippen molar-refractivity contribution in [2.24, 2.45) is 0 Å². The van der Waals surface area contributed by atoms with Gasteiger partial charge in [0.15, 0.2) is 0 Å². The van der Waals surface area contributed by atoms with Crippen LogP contribution in [0.4, 0.5) is 11.5 Å². The maximum atomic E-state index is 12.0. The van der Waals surface area contributed by atoms with E-state index in [0.29, 0.717) is 0 Å². The molecule has 8 nitrogen and oxygen atoms in total. The molecule has 0 aliphatic carbocycles. The van der Waals surface area contributed by atoms with Crippen molar-refractivity contribution in [3.63, 3.8) is 0 Å². The summed E-state index contributed by atoms with van der Waals surface area (Å²) in [7, 11) is 1.41. The van der Waals surface area contributed by atoms with Gasteiger partial charge in [-0.25, -0.2) is 0 Å². The molecule has 21 heavy (non-hydrogen) atoms. The fourth-order valence-corrected chi connectivity index (χ4v) is 1.55. The van der Waals surface area contributed by atoms with Crippen molar-refractivity contribution in [2.45, 2.75) is 39.3 Å². The fourth-order valence-electron chi connectivity index (χ4n) is 1.55. The minimum absolute atomic E-state index is 0.00379. The van der Waals surface area contributed by atoms with Crippen LogP contribution >= 0.6 is 0 Å². The number of nitrogens with zero attached hydrogens (tertiary/aromatic N) is 2. The lowest BCUT2D eigenvalue weighted by Gasteiger charge is -2.23. The van der Waals surface area contributed by atoms with E-state index in [1.54, 1.807) is 6.92 Å². The molecule has 0 aromatic carbocycles. The Bertz CT molecular complexity index is 539. The predicted octanol–water partition coefficient (Wildman–Crippen LogP) is 1.71. The lowest BCUT2D eigenvalue weighted by Crippen LogP contribution is -2.47. The number of hydrogen-bond donors (Lipinski definition) is 2. The quantitative estimate of drug-likeness (QED) is 0.633. The Morgan fingerprint density at radius 1 is 1.43 bits per heavy atom. The highest BCUT2D eigenvalue weighted by molar-refractivity contribution is 5.85. The molecule has 0 spiro atoms. The number of methoxy groups -OCH3 is 1. The monoisotopic (exact) mass is 296 g/mol. The number of aromatic nitrogens is 1. The van der Waals surface area contributed by atoms with Crippen LogP contribution in [-0.4, -0.2) is 34.5 Å². The first kappa shape index (κ1) is 16.7. The van der Waals surface area contributed by atoms with Crippen LogP contribution in [-0.2, 0) is 4.79 Å². The Labute approximate surface area is 123 Å². The van der Waals surface area contributed by atoms with Gasteiger partial charge < -0.3 is 15.4 Å². The van der Waals surface area contributed by atoms with Gasteiger partial charge in [-0.1, -0.05) is 0 Å². The van der Waals surface area contributed by atoms with Crippen LogP contribution in [0.1, 0.15) is 27.7 Å². The molecule has 1 atom stereocenters. The minimum atomic E-state index is -0.678. The Kier molecular flexibility index (Phi) is 5.07. The van der Waals surface area contributed by atoms with Gasteiger partial charge in [-0.15, -0.1) is 0 Å². The molecule has 0 saturated heterocycles. The van der Waals surface area contributed by atoms with E-state index in [2.05, 4.69) is 15.6 Å². The molecular weight excluding hydrogens is 276 g/mol. The highest BCUT2D eigenvalue weighted by Gasteiger charge is 2.23. The largest absolute Gasteiger partial charge is 0.481 e. The molecule has 1 aromatic rings. The second kappa shape index (κ2) is 6.38. The summed E-state index contributed by atoms with van der Waals surface area (Å²) in [6.07, 6.45) is 0. The smallest absolute Gasteiger partial charge is 0.311 e. The summed E-state index contributed by atoms with van der Waals surface area (Å²) in [5.41, 5.74) is -0.605. The lowest BCUT2D eigenvalue weighted by molar-refractivity contribution is -0.384. The summed E-state index contributed by atoms with van der Waals surface area (Å²) in [6, 6.07) is 1.99. The van der Waals surface area contributed by atoms with Crippen LogP contribution in [0.5, 0.6) is 5.88 Å². The number of nitro groups is 1. The van der Waals surface area contributed by atoms with Crippen molar-refractivity contribution in [3.05, 3.63) is 22.2 Å². The molecule has 0 fully saturated rings. The molecule has 0 aliphatic heterocycles. The first-order valence-corrected chi connectivity index (χ1v) is 6.42. The number of anilines is 1. The Balaban J connectivity index is 2.95. The number of ether oxygens (including phenoxy) is 1. The zero-order valence-corrected chi connectivity index (χ0v) is 12.8. The molecule has 1 unspecified atom stereocenters. The van der Waals surface area contributed by atoms with Crippen molar-refractivity contribution < 1.29 is 14.5 Å². The van der Waals surface area contributed by atoms with Crippen LogP contribution in [0.3, 0.4) is 0 Å². The summed E-state index contributed by atoms with van der Waals surface area (Å²) < 4.78 is 4.94. The van der Waals surface area contributed by atoms with E-state index >= 15 is 0 Å². The average molecular weight is 296 g/mol. The molecule has 0 bridgehead atoms. The lowest BCUT2D eigenvalue weighted by atomic mass is 10.1. The molecule has 1 rings (SSSR count). The van der Waals surface area contributed by atoms with Crippen molar-refractivity contribution in [1.82, 2.24) is 10.3 Å². The van der Waals surface area contributed by atoms with Crippen LogP contribution < -0.4 is 15.4 Å². The number of carbonyl (C=O) groups is 1. The normalized spacial score (nSPS) is 12.4. The first-order valence-electron chi connectivity index (χ1n) is 6.42. The van der Waals surface area contributed by atoms with Crippen LogP contribution in [0.15, 0.2) is 12.1 Å². The number of nitrogens with one attached hydrogen (secondary N) is 2. The molecule has 0 saturated carbocycles. The third-order valence-corrected chi connectivity index (χ3v) is 2.50. The third-order valence-electron chi connectivity index (χ3n) is 2.50. The van der Waals surface area contributed by atoms with Gasteiger partial charge in [0.2, 0.25) is 17.6 Å².